The van der Waals surface area contributed by atoms with Crippen molar-refractivity contribution in [1.82, 2.24) is 5.16 Å². The van der Waals surface area contributed by atoms with E-state index >= 15 is 0 Å². The van der Waals surface area contributed by atoms with E-state index in [1.54, 1.807) is 13.8 Å². The van der Waals surface area contributed by atoms with Crippen LogP contribution in [0.1, 0.15) is 32.9 Å². The van der Waals surface area contributed by atoms with Crippen molar-refractivity contribution in [3.05, 3.63) is 70.6 Å². The highest BCUT2D eigenvalue weighted by Gasteiger charge is 2.19. The summed E-state index contributed by atoms with van der Waals surface area (Å²) in [5.41, 5.74) is 3.58. The quantitative estimate of drug-likeness (QED) is 0.676. The molecule has 0 saturated heterocycles. The van der Waals surface area contributed by atoms with Gasteiger partial charge in [0.15, 0.2) is 0 Å². The topological polar surface area (TPSA) is 101 Å². The third-order valence-electron chi connectivity index (χ3n) is 4.40. The number of carbonyl (C=O) groups excluding carboxylic acids is 1. The third kappa shape index (κ3) is 3.91. The summed E-state index contributed by atoms with van der Waals surface area (Å²) in [5.74, 6) is 0.0625. The molecule has 28 heavy (non-hydrogen) atoms. The second-order valence-electron chi connectivity index (χ2n) is 6.55. The smallest absolute Gasteiger partial charge is 0.261 e. The van der Waals surface area contributed by atoms with Gasteiger partial charge in [0.1, 0.15) is 11.3 Å². The predicted octanol–water partition coefficient (Wildman–Crippen LogP) is 3.96. The van der Waals surface area contributed by atoms with Crippen molar-refractivity contribution < 1.29 is 17.7 Å². The lowest BCUT2D eigenvalue weighted by Crippen LogP contribution is -2.16. The lowest BCUT2D eigenvalue weighted by Gasteiger charge is -2.13. The number of nitrogens with one attached hydrogen (secondary N) is 2. The number of para-hydroxylation sites is 1. The predicted molar refractivity (Wildman–Crippen MR) is 107 cm³/mol. The highest BCUT2D eigenvalue weighted by Crippen LogP contribution is 2.24. The Morgan fingerprint density at radius 3 is 2.11 bits per heavy atom. The number of rotatable bonds is 5. The lowest BCUT2D eigenvalue weighted by atomic mass is 10.1. The summed E-state index contributed by atoms with van der Waals surface area (Å²) in [4.78, 5) is 12.5. The van der Waals surface area contributed by atoms with E-state index in [2.05, 4.69) is 15.2 Å². The zero-order valence-electron chi connectivity index (χ0n) is 16.0. The molecule has 0 bridgehead atoms. The molecule has 1 amide bonds. The average Bonchev–Trinajstić information content (AvgIpc) is 2.97. The number of hydrogen-bond acceptors (Lipinski definition) is 5. The van der Waals surface area contributed by atoms with Gasteiger partial charge in [-0.25, -0.2) is 8.42 Å². The average molecular weight is 399 g/mol. The number of nitrogens with zero attached hydrogens (tertiary/aromatic N) is 1. The Morgan fingerprint density at radius 1 is 0.964 bits per heavy atom. The van der Waals surface area contributed by atoms with Gasteiger partial charge in [-0.3, -0.25) is 9.52 Å². The van der Waals surface area contributed by atoms with E-state index in [-0.39, 0.29) is 10.8 Å². The van der Waals surface area contributed by atoms with E-state index in [1.165, 1.54) is 24.3 Å². The second kappa shape index (κ2) is 7.47. The van der Waals surface area contributed by atoms with E-state index in [1.807, 2.05) is 32.0 Å². The van der Waals surface area contributed by atoms with E-state index in [0.717, 1.165) is 11.1 Å². The number of aromatic nitrogens is 1. The molecule has 0 fully saturated rings. The van der Waals surface area contributed by atoms with Gasteiger partial charge in [-0.2, -0.15) is 0 Å². The minimum Gasteiger partial charge on any atom is -0.361 e. The fourth-order valence-corrected chi connectivity index (χ4v) is 4.09. The molecule has 2 aromatic carbocycles. The fourth-order valence-electron chi connectivity index (χ4n) is 2.89. The SMILES string of the molecule is Cc1cccc(C)c1NS(=O)(=O)c1ccc(NC(=O)c2c(C)noc2C)cc1. The number of aryl methyl sites for hydroxylation is 4. The summed E-state index contributed by atoms with van der Waals surface area (Å²) >= 11 is 0. The molecule has 1 heterocycles. The molecule has 0 aliphatic heterocycles. The van der Waals surface area contributed by atoms with Crippen LogP contribution in [0.3, 0.4) is 0 Å². The summed E-state index contributed by atoms with van der Waals surface area (Å²) in [6.07, 6.45) is 0. The molecular formula is C20H21N3O4S. The first-order valence-electron chi connectivity index (χ1n) is 8.62. The highest BCUT2D eigenvalue weighted by atomic mass is 32.2. The molecule has 3 aromatic rings. The van der Waals surface area contributed by atoms with Crippen LogP contribution in [0.5, 0.6) is 0 Å². The maximum atomic E-state index is 12.7. The molecule has 146 valence electrons. The largest absolute Gasteiger partial charge is 0.361 e. The van der Waals surface area contributed by atoms with Crippen molar-refractivity contribution in [2.45, 2.75) is 32.6 Å². The minimum atomic E-state index is -3.75. The summed E-state index contributed by atoms with van der Waals surface area (Å²) in [7, 11) is -3.75. The van der Waals surface area contributed by atoms with Gasteiger partial charge in [0.2, 0.25) is 0 Å². The second-order valence-corrected chi connectivity index (χ2v) is 8.23. The Bertz CT molecular complexity index is 1090. The van der Waals surface area contributed by atoms with E-state index in [0.29, 0.717) is 28.4 Å². The Morgan fingerprint density at radius 2 is 1.57 bits per heavy atom. The number of carbonyl (C=O) groups is 1. The van der Waals surface area contributed by atoms with Crippen molar-refractivity contribution in [1.29, 1.82) is 0 Å². The molecule has 0 aliphatic carbocycles. The molecular weight excluding hydrogens is 378 g/mol. The van der Waals surface area contributed by atoms with Crippen molar-refractivity contribution in [3.8, 4) is 0 Å². The van der Waals surface area contributed by atoms with Crippen LogP contribution < -0.4 is 10.0 Å². The normalized spacial score (nSPS) is 11.3. The molecule has 0 spiro atoms. The van der Waals surface area contributed by atoms with Gasteiger partial charge < -0.3 is 9.84 Å². The van der Waals surface area contributed by atoms with Crippen molar-refractivity contribution in [2.75, 3.05) is 10.0 Å². The van der Waals surface area contributed by atoms with Gasteiger partial charge in [-0.1, -0.05) is 23.4 Å². The third-order valence-corrected chi connectivity index (χ3v) is 5.77. The van der Waals surface area contributed by atoms with Crippen molar-refractivity contribution in [3.63, 3.8) is 0 Å². The van der Waals surface area contributed by atoms with E-state index in [4.69, 9.17) is 4.52 Å². The zero-order valence-corrected chi connectivity index (χ0v) is 16.8. The number of anilines is 2. The number of hydrogen-bond donors (Lipinski definition) is 2. The fraction of sp³-hybridized carbons (Fsp3) is 0.200. The molecule has 0 radical (unpaired) electrons. The molecule has 1 aromatic heterocycles. The number of sulfonamides is 1. The van der Waals surface area contributed by atoms with Crippen LogP contribution >= 0.6 is 0 Å². The number of benzene rings is 2. The van der Waals surface area contributed by atoms with Crippen LogP contribution in [0.15, 0.2) is 51.9 Å². The maximum Gasteiger partial charge on any atom is 0.261 e. The van der Waals surface area contributed by atoms with Gasteiger partial charge in [0.25, 0.3) is 15.9 Å². The Hall–Kier alpha value is -3.13. The van der Waals surface area contributed by atoms with Crippen LogP contribution in [-0.4, -0.2) is 19.5 Å². The zero-order chi connectivity index (χ0) is 20.5. The molecule has 0 saturated carbocycles. The Labute approximate surface area is 163 Å². The molecule has 7 nitrogen and oxygen atoms in total. The van der Waals surface area contributed by atoms with Crippen LogP contribution in [0, 0.1) is 27.7 Å². The maximum absolute atomic E-state index is 12.7. The van der Waals surface area contributed by atoms with Crippen LogP contribution in [-0.2, 0) is 10.0 Å². The van der Waals surface area contributed by atoms with E-state index < -0.39 is 10.0 Å². The van der Waals surface area contributed by atoms with Crippen LogP contribution in [0.2, 0.25) is 0 Å². The first kappa shape index (κ1) is 19.6. The molecule has 0 atom stereocenters. The minimum absolute atomic E-state index is 0.102. The molecule has 3 rings (SSSR count). The summed E-state index contributed by atoms with van der Waals surface area (Å²) in [6.45, 7) is 7.03. The molecule has 0 unspecified atom stereocenters. The summed E-state index contributed by atoms with van der Waals surface area (Å²) in [5, 5.41) is 6.47. The molecule has 0 aliphatic rings. The summed E-state index contributed by atoms with van der Waals surface area (Å²) in [6, 6.07) is 11.5. The Kier molecular flexibility index (Phi) is 5.24. The van der Waals surface area contributed by atoms with Crippen molar-refractivity contribution in [2.24, 2.45) is 0 Å². The standard InChI is InChI=1S/C20H21N3O4S/c1-12-6-5-7-13(2)19(12)23-28(25,26)17-10-8-16(9-11-17)21-20(24)18-14(3)22-27-15(18)4/h5-11,23H,1-4H3,(H,21,24). The first-order chi connectivity index (χ1) is 13.2. The molecule has 2 N–H and O–H groups in total. The van der Waals surface area contributed by atoms with E-state index in [9.17, 15) is 13.2 Å². The van der Waals surface area contributed by atoms with Gasteiger partial charge in [-0.05, 0) is 63.1 Å². The van der Waals surface area contributed by atoms with Gasteiger partial charge >= 0.3 is 0 Å². The van der Waals surface area contributed by atoms with Crippen LogP contribution in [0.25, 0.3) is 0 Å². The monoisotopic (exact) mass is 399 g/mol. The van der Waals surface area contributed by atoms with Gasteiger partial charge in [0, 0.05) is 5.69 Å². The molecule has 8 heteroatoms. The first-order valence-corrected chi connectivity index (χ1v) is 10.1. The van der Waals surface area contributed by atoms with Gasteiger partial charge in [-0.15, -0.1) is 0 Å². The van der Waals surface area contributed by atoms with Crippen molar-refractivity contribution >= 4 is 27.3 Å². The summed E-state index contributed by atoms with van der Waals surface area (Å²) < 4.78 is 33.0. The van der Waals surface area contributed by atoms with Crippen LogP contribution in [0.4, 0.5) is 11.4 Å². The highest BCUT2D eigenvalue weighted by molar-refractivity contribution is 7.92. The Balaban J connectivity index is 1.79. The van der Waals surface area contributed by atoms with Gasteiger partial charge in [0.05, 0.1) is 16.3 Å². The number of amides is 1. The lowest BCUT2D eigenvalue weighted by molar-refractivity contribution is 0.102.